The minimum absolute atomic E-state index is 0.0220. The number of likely N-dealkylation sites (tertiary alicyclic amines) is 1. The Bertz CT molecular complexity index is 1260. The second-order valence-corrected chi connectivity index (χ2v) is 10.5. The molecule has 0 atom stereocenters. The molecule has 1 aromatic carbocycles. The fourth-order valence-corrected chi connectivity index (χ4v) is 4.47. The largest absolute Gasteiger partial charge is 0.492 e. The number of aromatic nitrogens is 2. The lowest BCUT2D eigenvalue weighted by atomic mass is 9.91. The van der Waals surface area contributed by atoms with Crippen LogP contribution in [0.4, 0.5) is 16.3 Å². The molecule has 4 rings (SSSR count). The molecule has 1 fully saturated rings. The van der Waals surface area contributed by atoms with Crippen LogP contribution in [0.5, 0.6) is 5.75 Å². The first kappa shape index (κ1) is 26.3. The van der Waals surface area contributed by atoms with Crippen molar-refractivity contribution in [3.8, 4) is 11.4 Å². The lowest BCUT2D eigenvalue weighted by Gasteiger charge is -2.38. The Hall–Kier alpha value is -3.80. The number of amides is 2. The van der Waals surface area contributed by atoms with Crippen molar-refractivity contribution in [2.24, 2.45) is 0 Å². The summed E-state index contributed by atoms with van der Waals surface area (Å²) < 4.78 is 12.4. The number of fused-ring (bicyclic) bond motifs is 1. The van der Waals surface area contributed by atoms with Gasteiger partial charge in [0.15, 0.2) is 0 Å². The molecule has 2 aliphatic rings. The van der Waals surface area contributed by atoms with Gasteiger partial charge in [-0.1, -0.05) is 0 Å². The van der Waals surface area contributed by atoms with Crippen LogP contribution in [-0.2, 0) is 11.2 Å². The number of rotatable bonds is 4. The molecule has 2 aromatic rings. The highest BCUT2D eigenvalue weighted by Crippen LogP contribution is 2.37. The number of nitrogens with zero attached hydrogens (tertiary/aromatic N) is 3. The lowest BCUT2D eigenvalue weighted by Crippen LogP contribution is -2.52. The maximum Gasteiger partial charge on any atom is 0.410 e. The number of nitrogens with one attached hydrogen (secondary N) is 1. The predicted molar refractivity (Wildman–Crippen MR) is 137 cm³/mol. The Labute approximate surface area is 214 Å². The normalized spacial score (nSPS) is 16.9. The van der Waals surface area contributed by atoms with Crippen molar-refractivity contribution in [2.75, 3.05) is 37.7 Å². The predicted octanol–water partition coefficient (Wildman–Crippen LogP) is 1.21. The van der Waals surface area contributed by atoms with Crippen LogP contribution in [0, 0.1) is 0 Å². The van der Waals surface area contributed by atoms with Gasteiger partial charge in [-0.2, -0.15) is 4.98 Å². The van der Waals surface area contributed by atoms with Gasteiger partial charge >= 0.3 is 11.8 Å². The minimum Gasteiger partial charge on any atom is -0.492 e. The third-order valence-corrected chi connectivity index (χ3v) is 6.47. The molecule has 0 spiro atoms. The third kappa shape index (κ3) is 5.79. The van der Waals surface area contributed by atoms with Crippen LogP contribution in [0.25, 0.3) is 5.69 Å². The van der Waals surface area contributed by atoms with Crippen molar-refractivity contribution >= 4 is 23.5 Å². The number of nitrogen functional groups attached to an aromatic ring is 2. The highest BCUT2D eigenvalue weighted by molar-refractivity contribution is 5.99. The molecular formula is C25H34N6O6. The highest BCUT2D eigenvalue weighted by atomic mass is 16.6. The number of carbonyl (C=O) groups is 2. The molecule has 0 aliphatic carbocycles. The van der Waals surface area contributed by atoms with Crippen LogP contribution in [0.3, 0.4) is 0 Å². The second kappa shape index (κ2) is 9.92. The van der Waals surface area contributed by atoms with E-state index < -0.39 is 28.9 Å². The van der Waals surface area contributed by atoms with Crippen molar-refractivity contribution in [3.05, 3.63) is 39.9 Å². The molecule has 200 valence electrons. The van der Waals surface area contributed by atoms with Gasteiger partial charge in [0.2, 0.25) is 0 Å². The number of carbonyl (C=O) groups excluding carboxylic acids is 2. The van der Waals surface area contributed by atoms with E-state index in [2.05, 4.69) is 10.3 Å². The molecule has 2 aliphatic heterocycles. The van der Waals surface area contributed by atoms with E-state index in [0.717, 1.165) is 0 Å². The number of nitrogens with two attached hydrogens (primary N) is 2. The topological polar surface area (TPSA) is 175 Å². The fraction of sp³-hybridized carbons (Fsp3) is 0.520. The number of aliphatic hydroxyl groups is 1. The molecule has 0 saturated carbocycles. The summed E-state index contributed by atoms with van der Waals surface area (Å²) in [5, 5.41) is 13.9. The number of piperidine rings is 1. The number of hydrogen-bond donors (Lipinski definition) is 4. The van der Waals surface area contributed by atoms with Crippen molar-refractivity contribution < 1.29 is 24.2 Å². The van der Waals surface area contributed by atoms with E-state index >= 15 is 0 Å². The summed E-state index contributed by atoms with van der Waals surface area (Å²) in [4.78, 5) is 43.4. The minimum atomic E-state index is -1.19. The zero-order valence-electron chi connectivity index (χ0n) is 21.4. The summed E-state index contributed by atoms with van der Waals surface area (Å²) in [7, 11) is 0. The zero-order chi connectivity index (χ0) is 27.0. The van der Waals surface area contributed by atoms with E-state index in [1.54, 1.807) is 25.7 Å². The molecule has 3 heterocycles. The average Bonchev–Trinajstić information content (AvgIpc) is 2.83. The fourth-order valence-electron chi connectivity index (χ4n) is 4.47. The molecule has 37 heavy (non-hydrogen) atoms. The first-order valence-corrected chi connectivity index (χ1v) is 12.3. The summed E-state index contributed by atoms with van der Waals surface area (Å²) in [6.07, 6.45) is 2.88. The van der Waals surface area contributed by atoms with Gasteiger partial charge < -0.3 is 36.3 Å². The highest BCUT2D eigenvalue weighted by Gasteiger charge is 2.36. The molecule has 0 bridgehead atoms. The number of benzene rings is 1. The molecule has 0 unspecified atom stereocenters. The van der Waals surface area contributed by atoms with E-state index in [9.17, 15) is 19.5 Å². The molecule has 1 aromatic heterocycles. The van der Waals surface area contributed by atoms with Crippen molar-refractivity contribution in [1.29, 1.82) is 0 Å². The summed E-state index contributed by atoms with van der Waals surface area (Å²) in [5.74, 6) is -0.0305. The standard InChI is InChI=1S/C25H34N6O6/c1-24(2,3)37-23(34)30-10-7-25(35,8-11-30)14-28-21(32)16-13-17(31-9-6-18(26)29-22(31)33)19(27)15-5-4-12-36-20(15)16/h6,9,13,35H,4-5,7-8,10-12,14,27H2,1-3H3,(H,28,32)(H2,26,29,33). The van der Waals surface area contributed by atoms with Gasteiger partial charge in [0.1, 0.15) is 17.2 Å². The molecule has 1 saturated heterocycles. The van der Waals surface area contributed by atoms with Crippen LogP contribution < -0.4 is 27.2 Å². The number of anilines is 2. The van der Waals surface area contributed by atoms with Gasteiger partial charge in [-0.15, -0.1) is 0 Å². The van der Waals surface area contributed by atoms with Crippen LogP contribution >= 0.6 is 0 Å². The van der Waals surface area contributed by atoms with Crippen molar-refractivity contribution in [3.63, 3.8) is 0 Å². The zero-order valence-corrected chi connectivity index (χ0v) is 21.4. The van der Waals surface area contributed by atoms with Crippen LogP contribution in [0.15, 0.2) is 23.1 Å². The van der Waals surface area contributed by atoms with Crippen molar-refractivity contribution in [2.45, 2.75) is 57.7 Å². The summed E-state index contributed by atoms with van der Waals surface area (Å²) >= 11 is 0. The van der Waals surface area contributed by atoms with E-state index in [4.69, 9.17) is 20.9 Å². The van der Waals surface area contributed by atoms with Gasteiger partial charge in [-0.05, 0) is 58.6 Å². The van der Waals surface area contributed by atoms with E-state index in [-0.39, 0.29) is 30.8 Å². The van der Waals surface area contributed by atoms with Crippen LogP contribution in [0.2, 0.25) is 0 Å². The Kier molecular flexibility index (Phi) is 7.05. The number of ether oxygens (including phenoxy) is 2. The smallest absolute Gasteiger partial charge is 0.410 e. The molecule has 6 N–H and O–H groups in total. The van der Waals surface area contributed by atoms with Gasteiger partial charge in [-0.3, -0.25) is 9.36 Å². The van der Waals surface area contributed by atoms with Crippen molar-refractivity contribution in [1.82, 2.24) is 19.8 Å². The second-order valence-electron chi connectivity index (χ2n) is 10.5. The number of hydrogen-bond acceptors (Lipinski definition) is 9. The summed E-state index contributed by atoms with van der Waals surface area (Å²) in [6, 6.07) is 2.96. The first-order valence-electron chi connectivity index (χ1n) is 12.3. The monoisotopic (exact) mass is 514 g/mol. The van der Waals surface area contributed by atoms with Gasteiger partial charge in [0, 0.05) is 31.4 Å². The van der Waals surface area contributed by atoms with Gasteiger partial charge in [0.05, 0.1) is 29.1 Å². The Morgan fingerprint density at radius 1 is 1.27 bits per heavy atom. The average molecular weight is 515 g/mol. The summed E-state index contributed by atoms with van der Waals surface area (Å²) in [5.41, 5.74) is 11.1. The Morgan fingerprint density at radius 3 is 2.62 bits per heavy atom. The van der Waals surface area contributed by atoms with Gasteiger partial charge in [-0.25, -0.2) is 9.59 Å². The third-order valence-electron chi connectivity index (χ3n) is 6.47. The Balaban J connectivity index is 1.52. The van der Waals surface area contributed by atoms with Crippen LogP contribution in [0.1, 0.15) is 56.0 Å². The molecule has 12 heteroatoms. The van der Waals surface area contributed by atoms with Gasteiger partial charge in [0.25, 0.3) is 5.91 Å². The molecule has 0 radical (unpaired) electrons. The quantitative estimate of drug-likeness (QED) is 0.437. The van der Waals surface area contributed by atoms with Crippen LogP contribution in [-0.4, -0.2) is 69.0 Å². The SMILES string of the molecule is CC(C)(C)OC(=O)N1CCC(O)(CNC(=O)c2cc(-n3ccc(N)nc3=O)c(N)c3c2OCCC3)CC1. The lowest BCUT2D eigenvalue weighted by molar-refractivity contribution is -0.0303. The Morgan fingerprint density at radius 2 is 1.97 bits per heavy atom. The first-order chi connectivity index (χ1) is 17.4. The maximum atomic E-state index is 13.3. The maximum absolute atomic E-state index is 13.3. The van der Waals surface area contributed by atoms with E-state index in [1.807, 2.05) is 0 Å². The molecule has 2 amide bonds. The molecule has 12 nitrogen and oxygen atoms in total. The van der Waals surface area contributed by atoms with E-state index in [1.165, 1.54) is 22.9 Å². The van der Waals surface area contributed by atoms with E-state index in [0.29, 0.717) is 55.2 Å². The summed E-state index contributed by atoms with van der Waals surface area (Å²) in [6.45, 7) is 6.41. The molecular weight excluding hydrogens is 480 g/mol.